The van der Waals surface area contributed by atoms with Crippen molar-refractivity contribution in [3.05, 3.63) is 53.6 Å². The molecule has 186 valence electrons. The number of hydrogen-bond acceptors (Lipinski definition) is 6. The van der Waals surface area contributed by atoms with Gasteiger partial charge in [-0.3, -0.25) is 13.9 Å². The molecule has 2 aromatic rings. The van der Waals surface area contributed by atoms with E-state index >= 15 is 0 Å². The van der Waals surface area contributed by atoms with Crippen molar-refractivity contribution in [1.29, 1.82) is 0 Å². The summed E-state index contributed by atoms with van der Waals surface area (Å²) in [6.45, 7) is 5.45. The predicted octanol–water partition coefficient (Wildman–Crippen LogP) is 2.33. The summed E-state index contributed by atoms with van der Waals surface area (Å²) in [6.07, 6.45) is 1.02. The molecule has 1 N–H and O–H groups in total. The molecule has 0 spiro atoms. The van der Waals surface area contributed by atoms with Gasteiger partial charge in [0.15, 0.2) is 11.5 Å². The predicted molar refractivity (Wildman–Crippen MR) is 132 cm³/mol. The third-order valence-corrected chi connectivity index (χ3v) is 6.47. The normalized spacial score (nSPS) is 11.9. The first kappa shape index (κ1) is 27.0. The van der Waals surface area contributed by atoms with Crippen molar-refractivity contribution in [2.24, 2.45) is 0 Å². The molecule has 0 unspecified atom stereocenters. The lowest BCUT2D eigenvalue weighted by molar-refractivity contribution is -0.139. The number of nitrogens with zero attached hydrogens (tertiary/aromatic N) is 2. The van der Waals surface area contributed by atoms with Gasteiger partial charge in [-0.05, 0) is 38.5 Å². The van der Waals surface area contributed by atoms with Crippen molar-refractivity contribution in [3.63, 3.8) is 0 Å². The first-order chi connectivity index (χ1) is 16.0. The van der Waals surface area contributed by atoms with Crippen LogP contribution in [0.3, 0.4) is 0 Å². The Hall–Kier alpha value is -3.27. The maximum Gasteiger partial charge on any atom is 0.244 e. The molecule has 0 radical (unpaired) electrons. The van der Waals surface area contributed by atoms with Gasteiger partial charge in [0, 0.05) is 19.2 Å². The average Bonchev–Trinajstić information content (AvgIpc) is 2.80. The zero-order chi connectivity index (χ0) is 25.5. The lowest BCUT2D eigenvalue weighted by Gasteiger charge is -2.31. The minimum atomic E-state index is -3.84. The second-order valence-electron chi connectivity index (χ2n) is 7.89. The second kappa shape index (κ2) is 11.7. The molecule has 10 heteroatoms. The highest BCUT2D eigenvalue weighted by molar-refractivity contribution is 7.92. The maximum absolute atomic E-state index is 13.5. The number of likely N-dealkylation sites (N-methyl/N-ethyl adjacent to an activating group) is 1. The summed E-state index contributed by atoms with van der Waals surface area (Å²) in [4.78, 5) is 27.4. The number of ether oxygens (including phenoxy) is 2. The van der Waals surface area contributed by atoms with E-state index in [1.807, 2.05) is 31.2 Å². The minimum Gasteiger partial charge on any atom is -0.493 e. The molecule has 2 rings (SSSR count). The van der Waals surface area contributed by atoms with Gasteiger partial charge < -0.3 is 19.7 Å². The molecule has 0 bridgehead atoms. The van der Waals surface area contributed by atoms with Gasteiger partial charge in [0.25, 0.3) is 0 Å². The van der Waals surface area contributed by atoms with Gasteiger partial charge in [0.1, 0.15) is 12.6 Å². The summed E-state index contributed by atoms with van der Waals surface area (Å²) in [5.41, 5.74) is 2.14. The quantitative estimate of drug-likeness (QED) is 0.517. The number of nitrogens with one attached hydrogen (secondary N) is 1. The van der Waals surface area contributed by atoms with Crippen LogP contribution in [0.4, 0.5) is 5.69 Å². The monoisotopic (exact) mass is 491 g/mol. The van der Waals surface area contributed by atoms with E-state index in [1.54, 1.807) is 19.9 Å². The van der Waals surface area contributed by atoms with Crippen LogP contribution in [0.15, 0.2) is 42.5 Å². The van der Waals surface area contributed by atoms with Gasteiger partial charge in [-0.2, -0.15) is 0 Å². The smallest absolute Gasteiger partial charge is 0.244 e. The van der Waals surface area contributed by atoms with Crippen LogP contribution in [0.2, 0.25) is 0 Å². The van der Waals surface area contributed by atoms with E-state index in [-0.39, 0.29) is 18.1 Å². The number of carbonyl (C=O) groups is 2. The summed E-state index contributed by atoms with van der Waals surface area (Å²) < 4.78 is 36.8. The van der Waals surface area contributed by atoms with Gasteiger partial charge in [0.05, 0.1) is 26.2 Å². The molecule has 0 aliphatic heterocycles. The van der Waals surface area contributed by atoms with Crippen molar-refractivity contribution in [1.82, 2.24) is 10.2 Å². The Balaban J connectivity index is 2.42. The van der Waals surface area contributed by atoms with Crippen molar-refractivity contribution < 1.29 is 27.5 Å². The molecule has 0 heterocycles. The fourth-order valence-electron chi connectivity index (χ4n) is 3.39. The highest BCUT2D eigenvalue weighted by Crippen LogP contribution is 2.32. The molecule has 0 saturated carbocycles. The molecule has 0 aliphatic rings. The standard InChI is InChI=1S/C24H33N3O6S/c1-7-25-24(29)18(3)26(15-19-10-8-17(2)9-11-19)23(28)16-27(34(6,30)31)20-12-13-21(32-4)22(14-20)33-5/h8-14,18H,7,15-16H2,1-6H3,(H,25,29)/t18-/m1/s1. The summed E-state index contributed by atoms with van der Waals surface area (Å²) in [5.74, 6) is -0.0790. The third-order valence-electron chi connectivity index (χ3n) is 5.33. The molecule has 2 amide bonds. The topological polar surface area (TPSA) is 105 Å². The number of benzene rings is 2. The first-order valence-electron chi connectivity index (χ1n) is 10.8. The van der Waals surface area contributed by atoms with Crippen LogP contribution in [0.5, 0.6) is 11.5 Å². The molecular weight excluding hydrogens is 458 g/mol. The molecule has 9 nitrogen and oxygen atoms in total. The number of rotatable bonds is 11. The van der Waals surface area contributed by atoms with E-state index < -0.39 is 28.5 Å². The molecule has 0 aromatic heterocycles. The van der Waals surface area contributed by atoms with E-state index in [4.69, 9.17) is 9.47 Å². The van der Waals surface area contributed by atoms with Crippen LogP contribution in [0, 0.1) is 6.92 Å². The first-order valence-corrected chi connectivity index (χ1v) is 12.7. The fourth-order valence-corrected chi connectivity index (χ4v) is 4.23. The number of aryl methyl sites for hydroxylation is 1. The number of methoxy groups -OCH3 is 2. The van der Waals surface area contributed by atoms with Gasteiger partial charge >= 0.3 is 0 Å². The Labute approximate surface area is 201 Å². The molecule has 0 aliphatic carbocycles. The highest BCUT2D eigenvalue weighted by atomic mass is 32.2. The SMILES string of the molecule is CCNC(=O)[C@@H](C)N(Cc1ccc(C)cc1)C(=O)CN(c1ccc(OC)c(OC)c1)S(C)(=O)=O. The maximum atomic E-state index is 13.5. The van der Waals surface area contributed by atoms with Gasteiger partial charge in [0.2, 0.25) is 21.8 Å². The van der Waals surface area contributed by atoms with Gasteiger partial charge in [-0.15, -0.1) is 0 Å². The molecule has 0 saturated heterocycles. The van der Waals surface area contributed by atoms with Crippen LogP contribution in [-0.4, -0.2) is 64.7 Å². The lowest BCUT2D eigenvalue weighted by Crippen LogP contribution is -2.51. The van der Waals surface area contributed by atoms with Crippen LogP contribution in [-0.2, 0) is 26.2 Å². The van der Waals surface area contributed by atoms with Crippen LogP contribution in [0.1, 0.15) is 25.0 Å². The van der Waals surface area contributed by atoms with E-state index in [9.17, 15) is 18.0 Å². The summed E-state index contributed by atoms with van der Waals surface area (Å²) >= 11 is 0. The number of hydrogen-bond donors (Lipinski definition) is 1. The summed E-state index contributed by atoms with van der Waals surface area (Å²) in [5, 5.41) is 2.72. The molecule has 0 fully saturated rings. The number of sulfonamides is 1. The second-order valence-corrected chi connectivity index (χ2v) is 9.79. The van der Waals surface area contributed by atoms with E-state index in [1.165, 1.54) is 31.3 Å². The highest BCUT2D eigenvalue weighted by Gasteiger charge is 2.30. The summed E-state index contributed by atoms with van der Waals surface area (Å²) in [7, 11) is -0.924. The Morgan fingerprint density at radius 1 is 1.03 bits per heavy atom. The molecule has 2 aromatic carbocycles. The van der Waals surface area contributed by atoms with Crippen molar-refractivity contribution in [2.75, 3.05) is 37.9 Å². The van der Waals surface area contributed by atoms with E-state index in [0.29, 0.717) is 18.0 Å². The number of amides is 2. The van der Waals surface area contributed by atoms with Gasteiger partial charge in [-0.1, -0.05) is 29.8 Å². The molecular formula is C24H33N3O6S. The van der Waals surface area contributed by atoms with Crippen molar-refractivity contribution in [3.8, 4) is 11.5 Å². The zero-order valence-corrected chi connectivity index (χ0v) is 21.3. The lowest BCUT2D eigenvalue weighted by atomic mass is 10.1. The Morgan fingerprint density at radius 3 is 2.18 bits per heavy atom. The van der Waals surface area contributed by atoms with Crippen LogP contribution >= 0.6 is 0 Å². The third kappa shape index (κ3) is 6.86. The van der Waals surface area contributed by atoms with Gasteiger partial charge in [-0.25, -0.2) is 8.42 Å². The summed E-state index contributed by atoms with van der Waals surface area (Å²) in [6, 6.07) is 11.4. The number of carbonyl (C=O) groups excluding carboxylic acids is 2. The van der Waals surface area contributed by atoms with Crippen LogP contribution < -0.4 is 19.1 Å². The molecule has 1 atom stereocenters. The van der Waals surface area contributed by atoms with Crippen molar-refractivity contribution in [2.45, 2.75) is 33.4 Å². The van der Waals surface area contributed by atoms with Crippen LogP contribution in [0.25, 0.3) is 0 Å². The number of anilines is 1. The largest absolute Gasteiger partial charge is 0.493 e. The Bertz CT molecular complexity index is 1100. The molecule has 34 heavy (non-hydrogen) atoms. The Morgan fingerprint density at radius 2 is 1.65 bits per heavy atom. The van der Waals surface area contributed by atoms with Crippen molar-refractivity contribution >= 4 is 27.5 Å². The fraction of sp³-hybridized carbons (Fsp3) is 0.417. The van der Waals surface area contributed by atoms with E-state index in [2.05, 4.69) is 5.32 Å². The zero-order valence-electron chi connectivity index (χ0n) is 20.5. The average molecular weight is 492 g/mol. The van der Waals surface area contributed by atoms with E-state index in [0.717, 1.165) is 21.7 Å². The minimum absolute atomic E-state index is 0.154. The Kier molecular flexibility index (Phi) is 9.31.